The first-order chi connectivity index (χ1) is 8.95. The van der Waals surface area contributed by atoms with Gasteiger partial charge in [0.25, 0.3) is 0 Å². The molecule has 0 radical (unpaired) electrons. The van der Waals surface area contributed by atoms with E-state index in [1.165, 1.54) is 25.7 Å². The van der Waals surface area contributed by atoms with Gasteiger partial charge in [0.1, 0.15) is 0 Å². The lowest BCUT2D eigenvalue weighted by Gasteiger charge is -2.36. The summed E-state index contributed by atoms with van der Waals surface area (Å²) in [6, 6.07) is 0. The first kappa shape index (κ1) is 18.0. The molecule has 1 nitrogen and oxygen atoms in total. The summed E-state index contributed by atoms with van der Waals surface area (Å²) in [4.78, 5) is 0. The van der Waals surface area contributed by atoms with E-state index in [9.17, 15) is 0 Å². The van der Waals surface area contributed by atoms with E-state index in [2.05, 4.69) is 60.7 Å². The van der Waals surface area contributed by atoms with Gasteiger partial charge in [0, 0.05) is 6.61 Å². The summed E-state index contributed by atoms with van der Waals surface area (Å²) in [5.41, 5.74) is 2.18. The lowest BCUT2D eigenvalue weighted by atomic mass is 9.86. The van der Waals surface area contributed by atoms with Crippen molar-refractivity contribution < 1.29 is 4.43 Å². The van der Waals surface area contributed by atoms with Gasteiger partial charge < -0.3 is 4.43 Å². The molecule has 0 aromatic carbocycles. The molecule has 0 aliphatic heterocycles. The van der Waals surface area contributed by atoms with Crippen LogP contribution in [0.25, 0.3) is 0 Å². The second-order valence-electron chi connectivity index (χ2n) is 8.98. The lowest BCUT2D eigenvalue weighted by Crippen LogP contribution is -2.41. The Labute approximate surface area is 128 Å². The molecule has 0 N–H and O–H groups in total. The first-order valence-corrected chi connectivity index (χ1v) is 11.2. The summed E-state index contributed by atoms with van der Waals surface area (Å²) in [6.45, 7) is 19.7. The second-order valence-corrected chi connectivity index (χ2v) is 13.8. The van der Waals surface area contributed by atoms with Crippen LogP contribution in [-0.2, 0) is 4.43 Å². The molecular weight excluding hydrogens is 260 g/mol. The van der Waals surface area contributed by atoms with E-state index in [0.717, 1.165) is 12.5 Å². The van der Waals surface area contributed by atoms with Crippen LogP contribution in [0.4, 0.5) is 0 Å². The van der Waals surface area contributed by atoms with Gasteiger partial charge in [-0.15, -0.1) is 0 Å². The van der Waals surface area contributed by atoms with Gasteiger partial charge in [0.05, 0.1) is 0 Å². The van der Waals surface area contributed by atoms with E-state index in [1.54, 1.807) is 5.57 Å². The van der Waals surface area contributed by atoms with Crippen molar-refractivity contribution in [1.29, 1.82) is 0 Å². The molecule has 1 rings (SSSR count). The Kier molecular flexibility index (Phi) is 5.71. The molecule has 1 atom stereocenters. The maximum Gasteiger partial charge on any atom is 0.191 e. The Morgan fingerprint density at radius 2 is 1.90 bits per heavy atom. The highest BCUT2D eigenvalue weighted by atomic mass is 28.4. The summed E-state index contributed by atoms with van der Waals surface area (Å²) < 4.78 is 6.27. The van der Waals surface area contributed by atoms with Crippen molar-refractivity contribution >= 4 is 8.32 Å². The highest BCUT2D eigenvalue weighted by Crippen LogP contribution is 2.40. The Bertz CT molecular complexity index is 347. The SMILES string of the molecule is CC(CCCO[Si](C)(C)C(C)(C)C)C1=CCC(C)(C)C1. The molecule has 1 unspecified atom stereocenters. The fourth-order valence-electron chi connectivity index (χ4n) is 2.60. The quantitative estimate of drug-likeness (QED) is 0.323. The van der Waals surface area contributed by atoms with E-state index in [0.29, 0.717) is 10.5 Å². The lowest BCUT2D eigenvalue weighted by molar-refractivity contribution is 0.272. The minimum atomic E-state index is -1.55. The first-order valence-electron chi connectivity index (χ1n) is 8.27. The average molecular weight is 297 g/mol. The van der Waals surface area contributed by atoms with Gasteiger partial charge in [-0.1, -0.05) is 53.2 Å². The Morgan fingerprint density at radius 1 is 1.30 bits per heavy atom. The fourth-order valence-corrected chi connectivity index (χ4v) is 3.69. The molecule has 0 amide bonds. The van der Waals surface area contributed by atoms with E-state index in [1.807, 2.05) is 0 Å². The van der Waals surface area contributed by atoms with Crippen molar-refractivity contribution in [3.05, 3.63) is 11.6 Å². The van der Waals surface area contributed by atoms with Crippen molar-refractivity contribution in [2.24, 2.45) is 11.3 Å². The zero-order valence-corrected chi connectivity index (χ0v) is 16.1. The second kappa shape index (κ2) is 6.35. The topological polar surface area (TPSA) is 9.23 Å². The smallest absolute Gasteiger partial charge is 0.191 e. The van der Waals surface area contributed by atoms with E-state index >= 15 is 0 Å². The Morgan fingerprint density at radius 3 is 2.35 bits per heavy atom. The normalized spacial score (nSPS) is 20.9. The summed E-state index contributed by atoms with van der Waals surface area (Å²) in [6.07, 6.45) is 7.51. The van der Waals surface area contributed by atoms with Crippen LogP contribution >= 0.6 is 0 Å². The van der Waals surface area contributed by atoms with Crippen LogP contribution in [0.5, 0.6) is 0 Å². The Balaban J connectivity index is 2.29. The molecule has 0 aromatic heterocycles. The molecular formula is C18H36OSi. The summed E-state index contributed by atoms with van der Waals surface area (Å²) in [5.74, 6) is 0.736. The van der Waals surface area contributed by atoms with Gasteiger partial charge in [0.2, 0.25) is 0 Å². The van der Waals surface area contributed by atoms with Crippen LogP contribution < -0.4 is 0 Å². The van der Waals surface area contributed by atoms with Crippen LogP contribution in [0, 0.1) is 11.3 Å². The highest BCUT2D eigenvalue weighted by molar-refractivity contribution is 6.74. The molecule has 118 valence electrons. The molecule has 0 bridgehead atoms. The molecule has 2 heteroatoms. The maximum absolute atomic E-state index is 6.27. The van der Waals surface area contributed by atoms with Crippen molar-refractivity contribution in [2.45, 2.75) is 85.4 Å². The molecule has 0 saturated heterocycles. The number of allylic oxidation sites excluding steroid dienone is 2. The molecule has 0 aromatic rings. The molecule has 0 saturated carbocycles. The molecule has 20 heavy (non-hydrogen) atoms. The number of rotatable bonds is 6. The zero-order chi connectivity index (χ0) is 15.6. The predicted octanol–water partition coefficient (Wildman–Crippen LogP) is 6.17. The van der Waals surface area contributed by atoms with Gasteiger partial charge in [0.15, 0.2) is 8.32 Å². The molecule has 1 aliphatic rings. The number of hydrogen-bond acceptors (Lipinski definition) is 1. The van der Waals surface area contributed by atoms with Crippen LogP contribution in [-0.4, -0.2) is 14.9 Å². The molecule has 0 fully saturated rings. The highest BCUT2D eigenvalue weighted by Gasteiger charge is 2.36. The standard InChI is InChI=1S/C18H36OSi/c1-15(16-11-12-18(5,6)14-16)10-9-13-19-20(7,8)17(2,3)4/h11,15H,9-10,12-14H2,1-8H3. The zero-order valence-electron chi connectivity index (χ0n) is 15.1. The fraction of sp³-hybridized carbons (Fsp3) is 0.889. The Hall–Kier alpha value is -0.0831. The van der Waals surface area contributed by atoms with Crippen molar-refractivity contribution in [3.63, 3.8) is 0 Å². The van der Waals surface area contributed by atoms with E-state index < -0.39 is 8.32 Å². The van der Waals surface area contributed by atoms with Gasteiger partial charge in [-0.3, -0.25) is 0 Å². The van der Waals surface area contributed by atoms with Gasteiger partial charge in [-0.05, 0) is 55.1 Å². The maximum atomic E-state index is 6.27. The summed E-state index contributed by atoms with van der Waals surface area (Å²) in [7, 11) is -1.55. The van der Waals surface area contributed by atoms with Gasteiger partial charge in [-0.25, -0.2) is 0 Å². The third-order valence-corrected chi connectivity index (χ3v) is 9.82. The van der Waals surface area contributed by atoms with E-state index in [4.69, 9.17) is 4.43 Å². The van der Waals surface area contributed by atoms with Crippen LogP contribution in [0.1, 0.15) is 67.2 Å². The summed E-state index contributed by atoms with van der Waals surface area (Å²) in [5, 5.41) is 0.330. The summed E-state index contributed by atoms with van der Waals surface area (Å²) >= 11 is 0. The molecule has 1 aliphatic carbocycles. The molecule has 0 heterocycles. The third kappa shape index (κ3) is 5.03. The van der Waals surface area contributed by atoms with Crippen molar-refractivity contribution in [3.8, 4) is 0 Å². The van der Waals surface area contributed by atoms with Crippen LogP contribution in [0.15, 0.2) is 11.6 Å². The van der Waals surface area contributed by atoms with Crippen molar-refractivity contribution in [2.75, 3.05) is 6.61 Å². The average Bonchev–Trinajstić information content (AvgIpc) is 2.63. The van der Waals surface area contributed by atoms with E-state index in [-0.39, 0.29) is 0 Å². The number of hydrogen-bond donors (Lipinski definition) is 0. The third-order valence-electron chi connectivity index (χ3n) is 5.28. The minimum Gasteiger partial charge on any atom is -0.417 e. The minimum absolute atomic E-state index is 0.330. The largest absolute Gasteiger partial charge is 0.417 e. The molecule has 0 spiro atoms. The van der Waals surface area contributed by atoms with Crippen LogP contribution in [0.3, 0.4) is 0 Å². The van der Waals surface area contributed by atoms with Gasteiger partial charge >= 0.3 is 0 Å². The van der Waals surface area contributed by atoms with Crippen LogP contribution in [0.2, 0.25) is 18.1 Å². The monoisotopic (exact) mass is 296 g/mol. The predicted molar refractivity (Wildman–Crippen MR) is 92.6 cm³/mol. The van der Waals surface area contributed by atoms with Gasteiger partial charge in [-0.2, -0.15) is 0 Å². The van der Waals surface area contributed by atoms with Crippen molar-refractivity contribution in [1.82, 2.24) is 0 Å².